The molecule has 0 aromatic heterocycles. The molecule has 4 aromatic carbocycles. The van der Waals surface area contributed by atoms with Crippen LogP contribution < -0.4 is 0 Å². The van der Waals surface area contributed by atoms with E-state index in [4.69, 9.17) is 24.1 Å². The minimum Gasteiger partial charge on any atom is -0.743 e. The third kappa shape index (κ3) is 15.5. The van der Waals surface area contributed by atoms with E-state index in [0.717, 1.165) is 55.3 Å². The summed E-state index contributed by atoms with van der Waals surface area (Å²) in [5.41, 5.74) is -0.471. The van der Waals surface area contributed by atoms with Crippen LogP contribution in [0.5, 0.6) is 5.75 Å². The van der Waals surface area contributed by atoms with Crippen molar-refractivity contribution in [3.8, 4) is 5.75 Å². The van der Waals surface area contributed by atoms with Gasteiger partial charge in [0.25, 0.3) is 0 Å². The first-order chi connectivity index (χ1) is 40.8. The smallest absolute Gasteiger partial charge is 0.367 e. The second kappa shape index (κ2) is 27.8. The van der Waals surface area contributed by atoms with Crippen molar-refractivity contribution in [2.45, 2.75) is 216 Å². The van der Waals surface area contributed by atoms with Gasteiger partial charge in [0.1, 0.15) is 17.5 Å². The third-order valence-electron chi connectivity index (χ3n) is 20.3. The van der Waals surface area contributed by atoms with Gasteiger partial charge in [-0.25, -0.2) is 8.42 Å². The summed E-state index contributed by atoms with van der Waals surface area (Å²) in [5.74, 6) is 4.17. The SMILES string of the molecule is CCC(C)(C)C(=O)OC1(CC)CC2CC1C1C3CCC(C3)C21.CCC(C)(C)C(=O)OC1C2CC3C(=O)OC1C3O2.CCC(C)(C)C(=O)OCC(F)(F)S(=O)(=O)[O-].CCC(C)(C)c1ccc(O)cc1.c1ccc([S+](c2ccccc2)c2ccccc2)cc1. The van der Waals surface area contributed by atoms with E-state index >= 15 is 0 Å². The number of carbonyl (C=O) groups is 4. The molecule has 4 aliphatic carbocycles. The summed E-state index contributed by atoms with van der Waals surface area (Å²) < 4.78 is 82.4. The average Bonchev–Trinajstić information content (AvgIpc) is 1.55. The van der Waals surface area contributed by atoms with E-state index < -0.39 is 51.0 Å². The van der Waals surface area contributed by atoms with Crippen LogP contribution in [-0.2, 0) is 69.3 Å². The number of esters is 4. The number of carbonyl (C=O) groups excluding carboxylic acids is 4. The van der Waals surface area contributed by atoms with Crippen molar-refractivity contribution in [3.63, 3.8) is 0 Å². The minimum atomic E-state index is -5.81. The van der Waals surface area contributed by atoms with Gasteiger partial charge in [-0.1, -0.05) is 115 Å². The largest absolute Gasteiger partial charge is 0.743 e. The van der Waals surface area contributed by atoms with Crippen molar-refractivity contribution in [1.82, 2.24) is 0 Å². The van der Waals surface area contributed by atoms with E-state index in [1.165, 1.54) is 59.8 Å². The van der Waals surface area contributed by atoms with Crippen LogP contribution in [-0.4, -0.2) is 83.8 Å². The van der Waals surface area contributed by atoms with E-state index in [-0.39, 0.29) is 63.4 Å². The fourth-order valence-electron chi connectivity index (χ4n) is 13.3. The summed E-state index contributed by atoms with van der Waals surface area (Å²) in [6.07, 6.45) is 10.4. The lowest BCUT2D eigenvalue weighted by atomic mass is 9.65. The maximum Gasteiger partial charge on any atom is 0.367 e. The second-order valence-electron chi connectivity index (χ2n) is 27.3. The fourth-order valence-corrected chi connectivity index (χ4v) is 15.6. The third-order valence-corrected chi connectivity index (χ3v) is 23.4. The lowest BCUT2D eigenvalue weighted by molar-refractivity contribution is -0.183. The van der Waals surface area contributed by atoms with Crippen molar-refractivity contribution in [3.05, 3.63) is 121 Å². The number of hydrogen-bond donors (Lipinski definition) is 1. The highest BCUT2D eigenvalue weighted by Crippen LogP contribution is 2.71. The van der Waals surface area contributed by atoms with Gasteiger partial charge in [-0.3, -0.25) is 19.2 Å². The molecule has 87 heavy (non-hydrogen) atoms. The van der Waals surface area contributed by atoms with Gasteiger partial charge in [-0.2, -0.15) is 8.78 Å². The highest BCUT2D eigenvalue weighted by atomic mass is 32.2. The molecule has 12 atom stereocenters. The molecule has 17 heteroatoms. The molecule has 0 amide bonds. The van der Waals surface area contributed by atoms with Crippen molar-refractivity contribution < 1.29 is 69.7 Å². The van der Waals surface area contributed by atoms with Crippen LogP contribution in [0.3, 0.4) is 0 Å². The van der Waals surface area contributed by atoms with E-state index in [2.05, 4.69) is 130 Å². The molecule has 3 saturated heterocycles. The van der Waals surface area contributed by atoms with Gasteiger partial charge in [0.15, 0.2) is 43.6 Å². The van der Waals surface area contributed by atoms with Gasteiger partial charge in [-0.05, 0) is 201 Å². The zero-order valence-corrected chi connectivity index (χ0v) is 54.9. The van der Waals surface area contributed by atoms with Gasteiger partial charge in [-0.15, -0.1) is 0 Å². The Morgan fingerprint density at radius 2 is 1.13 bits per heavy atom. The number of ether oxygens (including phenoxy) is 5. The Balaban J connectivity index is 0.000000157. The van der Waals surface area contributed by atoms with Crippen molar-refractivity contribution in [2.75, 3.05) is 6.61 Å². The molecule has 6 bridgehead atoms. The summed E-state index contributed by atoms with van der Waals surface area (Å²) >= 11 is 0. The maximum absolute atomic E-state index is 12.7. The summed E-state index contributed by atoms with van der Waals surface area (Å²) in [6, 6.07) is 39.6. The Labute approximate surface area is 518 Å². The number of aromatic hydroxyl groups is 1. The number of benzene rings is 4. The molecule has 7 fully saturated rings. The van der Waals surface area contributed by atoms with Crippen LogP contribution in [0.1, 0.15) is 166 Å². The van der Waals surface area contributed by atoms with Crippen molar-refractivity contribution in [1.29, 1.82) is 0 Å². The predicted octanol–water partition coefficient (Wildman–Crippen LogP) is 14.8. The first kappa shape index (κ1) is 69.1. The molecule has 1 N–H and O–H groups in total. The minimum absolute atomic E-state index is 0.0146. The monoisotopic (exact) mass is 1240 g/mol. The van der Waals surface area contributed by atoms with Crippen LogP contribution in [0, 0.1) is 57.7 Å². The fraction of sp³-hybridized carbons (Fsp3) is 0.600. The molecular formula is C70H94F2O13S2. The van der Waals surface area contributed by atoms with E-state index in [9.17, 15) is 40.9 Å². The summed E-state index contributed by atoms with van der Waals surface area (Å²) in [7, 11) is -5.83. The topological polar surface area (TPSA) is 192 Å². The van der Waals surface area contributed by atoms with Crippen LogP contribution in [0.2, 0.25) is 0 Å². The first-order valence-electron chi connectivity index (χ1n) is 31.3. The zero-order chi connectivity index (χ0) is 64.1. The Morgan fingerprint density at radius 1 is 0.644 bits per heavy atom. The lowest BCUT2D eigenvalue weighted by Crippen LogP contribution is -2.49. The van der Waals surface area contributed by atoms with E-state index in [1.54, 1.807) is 19.1 Å². The van der Waals surface area contributed by atoms with Gasteiger partial charge in [0.05, 0.1) is 39.2 Å². The highest BCUT2D eigenvalue weighted by molar-refractivity contribution is 7.97. The maximum atomic E-state index is 12.7. The molecule has 12 unspecified atom stereocenters. The van der Waals surface area contributed by atoms with E-state index in [0.29, 0.717) is 30.9 Å². The van der Waals surface area contributed by atoms with Crippen LogP contribution in [0.25, 0.3) is 0 Å². The molecule has 7 aliphatic rings. The summed E-state index contributed by atoms with van der Waals surface area (Å²) in [4.78, 5) is 51.6. The van der Waals surface area contributed by atoms with Crippen LogP contribution >= 0.6 is 0 Å². The van der Waals surface area contributed by atoms with Crippen LogP contribution in [0.4, 0.5) is 8.78 Å². The Hall–Kier alpha value is -5.36. The van der Waals surface area contributed by atoms with Gasteiger partial charge >= 0.3 is 29.1 Å². The first-order valence-corrected chi connectivity index (χ1v) is 33.9. The molecule has 3 heterocycles. The van der Waals surface area contributed by atoms with Gasteiger partial charge in [0.2, 0.25) is 0 Å². The standard InChI is InChI=1S/C20H32O2.C18H15S.C13H18O5.C11H16O.C8H14F2O5S/c1-5-19(3,4)18(21)22-20(6-2)11-14-10-15(20)17-13-8-7-12(9-13)16(14)17;1-4-10-16(11-5-1)19(17-12-6-2-7-13-17)18-14-8-3-9-15-18;1-4-13(2,3)12(15)18-9-7-5-6-8(16-7)10(9)17-11(6)14;1-4-11(2,3)9-5-7-10(12)8-6-9;1-4-7(2,3)6(11)15-5-8(9,10)16(12,13)14/h12-17H,5-11H2,1-4H3;1-15H;6-10H,4-5H2,1-3H3;5-8,12H,4H2,1-3H3;4-5H2,1-3H3,(H,12,13,14)/q;+1;;;/p-1. The molecule has 3 aliphatic heterocycles. The number of rotatable bonds is 17. The van der Waals surface area contributed by atoms with Crippen LogP contribution in [0.15, 0.2) is 130 Å². The Morgan fingerprint density at radius 3 is 1.60 bits per heavy atom. The number of phenolic OH excluding ortho intramolecular Hbond substituents is 1. The van der Waals surface area contributed by atoms with Crippen molar-refractivity contribution >= 4 is 44.9 Å². The number of hydrogen-bond acceptors (Lipinski definition) is 13. The normalized spacial score (nSPS) is 27.2. The second-order valence-corrected chi connectivity index (χ2v) is 30.8. The lowest BCUT2D eigenvalue weighted by Gasteiger charge is -2.46. The molecule has 13 nitrogen and oxygen atoms in total. The summed E-state index contributed by atoms with van der Waals surface area (Å²) in [6.45, 7) is 23.5. The average molecular weight is 1250 g/mol. The Bertz CT molecular complexity index is 2970. The predicted molar refractivity (Wildman–Crippen MR) is 330 cm³/mol. The molecule has 4 aromatic rings. The number of fused-ring (bicyclic) bond motifs is 10. The van der Waals surface area contributed by atoms with E-state index in [1.807, 2.05) is 46.8 Å². The molecule has 4 saturated carbocycles. The molecule has 0 radical (unpaired) electrons. The van der Waals surface area contributed by atoms with Gasteiger partial charge in [0, 0.05) is 5.92 Å². The zero-order valence-electron chi connectivity index (χ0n) is 53.2. The molecule has 11 rings (SSSR count). The quantitative estimate of drug-likeness (QED) is 0.0346. The highest BCUT2D eigenvalue weighted by Gasteiger charge is 2.68. The number of phenols is 1. The molecule has 0 spiro atoms. The Kier molecular flexibility index (Phi) is 22.1. The molecule has 478 valence electrons. The molecular weight excluding hydrogens is 1150 g/mol. The number of alkyl halides is 2. The number of halogens is 2. The summed E-state index contributed by atoms with van der Waals surface area (Å²) in [5, 5.41) is 4.50. The van der Waals surface area contributed by atoms with Crippen molar-refractivity contribution in [2.24, 2.45) is 57.7 Å². The van der Waals surface area contributed by atoms with Gasteiger partial charge < -0.3 is 33.3 Å².